The van der Waals surface area contributed by atoms with Crippen molar-refractivity contribution in [1.82, 2.24) is 9.29 Å². The largest absolute Gasteiger partial charge is 0.348 e. The normalized spacial score (nSPS) is 14.5. The summed E-state index contributed by atoms with van der Waals surface area (Å²) in [6.45, 7) is 2.27. The van der Waals surface area contributed by atoms with Gasteiger partial charge in [-0.2, -0.15) is 0 Å². The Hall–Kier alpha value is -2.64. The molecule has 0 spiro atoms. The lowest BCUT2D eigenvalue weighted by molar-refractivity contribution is -0.118. The Bertz CT molecular complexity index is 1200. The number of hydrogen-bond acceptors (Lipinski definition) is 3. The number of carbonyl (C=O) groups excluding carboxylic acids is 1. The molecule has 0 unspecified atom stereocenters. The summed E-state index contributed by atoms with van der Waals surface area (Å²) in [5, 5.41) is 1.10. The van der Waals surface area contributed by atoms with E-state index < -0.39 is 10.0 Å². The molecular weight excluding hydrogens is 374 g/mol. The summed E-state index contributed by atoms with van der Waals surface area (Å²) in [6.07, 6.45) is 0.961. The Morgan fingerprint density at radius 3 is 2.61 bits per heavy atom. The number of carbonyl (C=O) groups is 1. The zero-order valence-corrected chi connectivity index (χ0v) is 17.0. The number of aryl methyl sites for hydroxylation is 3. The maximum Gasteiger partial charge on any atom is 0.240 e. The van der Waals surface area contributed by atoms with Crippen LogP contribution in [-0.2, 0) is 34.8 Å². The Morgan fingerprint density at radius 2 is 1.82 bits per heavy atom. The molecule has 0 saturated carbocycles. The quantitative estimate of drug-likeness (QED) is 0.736. The highest BCUT2D eigenvalue weighted by molar-refractivity contribution is 7.89. The van der Waals surface area contributed by atoms with Crippen molar-refractivity contribution in [3.05, 3.63) is 59.3 Å². The van der Waals surface area contributed by atoms with Crippen molar-refractivity contribution in [3.8, 4) is 0 Å². The molecule has 6 nitrogen and oxygen atoms in total. The minimum absolute atomic E-state index is 0.0489. The van der Waals surface area contributed by atoms with Crippen LogP contribution in [0.5, 0.6) is 0 Å². The first-order chi connectivity index (χ1) is 13.3. The number of hydrogen-bond donors (Lipinski definition) is 1. The lowest BCUT2D eigenvalue weighted by Gasteiger charge is -2.26. The minimum atomic E-state index is -3.64. The summed E-state index contributed by atoms with van der Waals surface area (Å²) in [6, 6.07) is 13.0. The Morgan fingerprint density at radius 1 is 1.04 bits per heavy atom. The highest BCUT2D eigenvalue weighted by atomic mass is 32.2. The number of benzene rings is 2. The average Bonchev–Trinajstić information content (AvgIpc) is 2.96. The number of nitrogens with zero attached hydrogens (tertiary/aromatic N) is 2. The van der Waals surface area contributed by atoms with Gasteiger partial charge in [-0.1, -0.05) is 6.07 Å². The summed E-state index contributed by atoms with van der Waals surface area (Å²) in [5.41, 5.74) is 4.85. The molecule has 4 rings (SSSR count). The van der Waals surface area contributed by atoms with Crippen LogP contribution in [0, 0.1) is 6.92 Å². The van der Waals surface area contributed by atoms with Crippen LogP contribution in [0.25, 0.3) is 10.9 Å². The minimum Gasteiger partial charge on any atom is -0.348 e. The molecule has 0 saturated heterocycles. The van der Waals surface area contributed by atoms with Gasteiger partial charge in [-0.25, -0.2) is 13.1 Å². The van der Waals surface area contributed by atoms with Crippen molar-refractivity contribution >= 4 is 32.5 Å². The molecule has 0 aliphatic carbocycles. The maximum absolute atomic E-state index is 12.8. The lowest BCUT2D eigenvalue weighted by atomic mass is 10.0. The van der Waals surface area contributed by atoms with Gasteiger partial charge >= 0.3 is 0 Å². The smallest absolute Gasteiger partial charge is 0.240 e. The van der Waals surface area contributed by atoms with E-state index in [1.54, 1.807) is 30.1 Å². The summed E-state index contributed by atoms with van der Waals surface area (Å²) in [5.74, 6) is 0.0489. The average molecular weight is 398 g/mol. The number of amides is 1. The predicted octanol–water partition coefficient (Wildman–Crippen LogP) is 2.87. The van der Waals surface area contributed by atoms with E-state index in [9.17, 15) is 13.2 Å². The molecule has 2 aromatic carbocycles. The Balaban J connectivity index is 1.55. The molecule has 1 aliphatic heterocycles. The fraction of sp³-hybridized carbons (Fsp3) is 0.286. The topological polar surface area (TPSA) is 71.4 Å². The van der Waals surface area contributed by atoms with Crippen LogP contribution in [0.4, 0.5) is 5.69 Å². The maximum atomic E-state index is 12.8. The van der Waals surface area contributed by atoms with Gasteiger partial charge < -0.3 is 9.47 Å². The fourth-order valence-electron chi connectivity index (χ4n) is 3.71. The van der Waals surface area contributed by atoms with E-state index in [-0.39, 0.29) is 17.3 Å². The summed E-state index contributed by atoms with van der Waals surface area (Å²) >= 11 is 0. The van der Waals surface area contributed by atoms with Crippen molar-refractivity contribution in [2.45, 2.75) is 31.2 Å². The number of rotatable bonds is 4. The van der Waals surface area contributed by atoms with Gasteiger partial charge in [-0.15, -0.1) is 0 Å². The van der Waals surface area contributed by atoms with Crippen LogP contribution in [0.15, 0.2) is 47.4 Å². The molecule has 0 bridgehead atoms. The number of anilines is 1. The first-order valence-electron chi connectivity index (χ1n) is 9.20. The number of aromatic nitrogens is 1. The van der Waals surface area contributed by atoms with Gasteiger partial charge in [0.2, 0.25) is 15.9 Å². The monoisotopic (exact) mass is 397 g/mol. The molecule has 3 aromatic rings. The molecule has 7 heteroatoms. The van der Waals surface area contributed by atoms with Crippen LogP contribution in [-0.4, -0.2) is 25.9 Å². The van der Waals surface area contributed by atoms with E-state index in [0.29, 0.717) is 12.8 Å². The van der Waals surface area contributed by atoms with Crippen LogP contribution in [0.1, 0.15) is 23.2 Å². The van der Waals surface area contributed by atoms with Crippen LogP contribution in [0.3, 0.4) is 0 Å². The molecule has 28 heavy (non-hydrogen) atoms. The number of sulfonamides is 1. The third-order valence-electron chi connectivity index (χ3n) is 5.52. The van der Waals surface area contributed by atoms with Gasteiger partial charge in [0.1, 0.15) is 0 Å². The summed E-state index contributed by atoms with van der Waals surface area (Å²) in [4.78, 5) is 13.6. The van der Waals surface area contributed by atoms with Crippen LogP contribution in [0.2, 0.25) is 0 Å². The van der Waals surface area contributed by atoms with Crippen molar-refractivity contribution < 1.29 is 13.2 Å². The zero-order chi connectivity index (χ0) is 20.1. The fourth-order valence-corrected chi connectivity index (χ4v) is 4.78. The molecule has 2 heterocycles. The van der Waals surface area contributed by atoms with Gasteiger partial charge in [0.25, 0.3) is 0 Å². The second-order valence-corrected chi connectivity index (χ2v) is 9.07. The first-order valence-corrected chi connectivity index (χ1v) is 10.7. The summed E-state index contributed by atoms with van der Waals surface area (Å²) in [7, 11) is 0.0936. The van der Waals surface area contributed by atoms with E-state index in [4.69, 9.17) is 0 Å². The third-order valence-corrected chi connectivity index (χ3v) is 6.92. The number of nitrogens with one attached hydrogen (secondary N) is 1. The van der Waals surface area contributed by atoms with Crippen molar-refractivity contribution in [1.29, 1.82) is 0 Å². The predicted molar refractivity (Wildman–Crippen MR) is 110 cm³/mol. The Labute approximate surface area is 164 Å². The highest BCUT2D eigenvalue weighted by Gasteiger charge is 2.23. The molecule has 1 aromatic heterocycles. The molecule has 1 aliphatic rings. The van der Waals surface area contributed by atoms with E-state index in [2.05, 4.69) is 15.4 Å². The molecule has 1 amide bonds. The van der Waals surface area contributed by atoms with E-state index in [0.717, 1.165) is 33.4 Å². The molecule has 0 fully saturated rings. The zero-order valence-electron chi connectivity index (χ0n) is 16.2. The van der Waals surface area contributed by atoms with Gasteiger partial charge in [-0.3, -0.25) is 4.79 Å². The SMILES string of the molecule is Cc1cc2cc(CNS(=O)(=O)c3ccc4c(c3)CCC(=O)N4C)ccc2n1C. The van der Waals surface area contributed by atoms with Crippen molar-refractivity contribution in [2.24, 2.45) is 7.05 Å². The van der Waals surface area contributed by atoms with Gasteiger partial charge in [-0.05, 0) is 60.9 Å². The molecule has 0 radical (unpaired) electrons. The second-order valence-electron chi connectivity index (χ2n) is 7.31. The second kappa shape index (κ2) is 6.76. The van der Waals surface area contributed by atoms with E-state index in [1.165, 1.54) is 0 Å². The Kier molecular flexibility index (Phi) is 4.51. The van der Waals surface area contributed by atoms with Crippen LogP contribution >= 0.6 is 0 Å². The van der Waals surface area contributed by atoms with E-state index >= 15 is 0 Å². The van der Waals surface area contributed by atoms with Crippen molar-refractivity contribution in [2.75, 3.05) is 11.9 Å². The third kappa shape index (κ3) is 3.21. The summed E-state index contributed by atoms with van der Waals surface area (Å²) < 4.78 is 30.3. The van der Waals surface area contributed by atoms with Gasteiger partial charge in [0.05, 0.1) is 4.90 Å². The molecular formula is C21H23N3O3S. The van der Waals surface area contributed by atoms with E-state index in [1.807, 2.05) is 32.2 Å². The van der Waals surface area contributed by atoms with Gasteiger partial charge in [0, 0.05) is 49.3 Å². The standard InChI is InChI=1S/C21H23N3O3S/c1-14-10-17-11-15(4-7-20(17)23(14)2)13-22-28(26,27)18-6-8-19-16(12-18)5-9-21(25)24(19)3/h4,6-8,10-12,22H,5,9,13H2,1-3H3. The molecule has 0 atom stereocenters. The van der Waals surface area contributed by atoms with Crippen LogP contribution < -0.4 is 9.62 Å². The highest BCUT2D eigenvalue weighted by Crippen LogP contribution is 2.29. The van der Waals surface area contributed by atoms with Gasteiger partial charge in [0.15, 0.2) is 0 Å². The molecule has 1 N–H and O–H groups in total. The number of fused-ring (bicyclic) bond motifs is 2. The lowest BCUT2D eigenvalue weighted by Crippen LogP contribution is -2.31. The molecule has 146 valence electrons. The van der Waals surface area contributed by atoms with Crippen molar-refractivity contribution in [3.63, 3.8) is 0 Å². The first kappa shape index (κ1) is 18.7.